The van der Waals surface area contributed by atoms with Gasteiger partial charge in [-0.1, -0.05) is 23.4 Å². The summed E-state index contributed by atoms with van der Waals surface area (Å²) < 4.78 is 1.63. The number of hydrogen-bond acceptors (Lipinski definition) is 5. The van der Waals surface area contributed by atoms with E-state index in [-0.39, 0.29) is 6.61 Å². The number of aliphatic hydroxyl groups is 1. The van der Waals surface area contributed by atoms with Crippen LogP contribution < -0.4 is 5.32 Å². The molecule has 5 nitrogen and oxygen atoms in total. The van der Waals surface area contributed by atoms with Gasteiger partial charge in [-0.05, 0) is 12.1 Å². The maximum Gasteiger partial charge on any atom is 0.102 e. The molecule has 0 amide bonds. The highest BCUT2D eigenvalue weighted by atomic mass is 32.2. The van der Waals surface area contributed by atoms with Crippen LogP contribution in [0.3, 0.4) is 0 Å². The summed E-state index contributed by atoms with van der Waals surface area (Å²) in [4.78, 5) is 1.19. The third kappa shape index (κ3) is 4.11. The SMILES string of the molecule is C=CCSc1ccccc1NCc1cn(CCO)nn1. The third-order valence-corrected chi connectivity index (χ3v) is 3.69. The smallest absolute Gasteiger partial charge is 0.102 e. The molecule has 106 valence electrons. The van der Waals surface area contributed by atoms with Crippen molar-refractivity contribution in [1.82, 2.24) is 15.0 Å². The first kappa shape index (κ1) is 14.6. The second-order valence-corrected chi connectivity index (χ2v) is 5.21. The Labute approximate surface area is 122 Å². The Hall–Kier alpha value is -1.79. The first-order chi connectivity index (χ1) is 9.83. The van der Waals surface area contributed by atoms with Crippen LogP contribution in [-0.2, 0) is 13.1 Å². The van der Waals surface area contributed by atoms with Gasteiger partial charge >= 0.3 is 0 Å². The van der Waals surface area contributed by atoms with Crippen LogP contribution >= 0.6 is 11.8 Å². The Morgan fingerprint density at radius 3 is 3.05 bits per heavy atom. The van der Waals surface area contributed by atoms with Crippen molar-refractivity contribution >= 4 is 17.4 Å². The lowest BCUT2D eigenvalue weighted by molar-refractivity contribution is 0.268. The van der Waals surface area contributed by atoms with Gasteiger partial charge in [-0.2, -0.15) is 0 Å². The number of nitrogens with zero attached hydrogens (tertiary/aromatic N) is 3. The molecule has 0 unspecified atom stereocenters. The summed E-state index contributed by atoms with van der Waals surface area (Å²) in [6.07, 6.45) is 3.73. The van der Waals surface area contributed by atoms with Gasteiger partial charge in [0.25, 0.3) is 0 Å². The van der Waals surface area contributed by atoms with Gasteiger partial charge in [0.05, 0.1) is 25.9 Å². The Morgan fingerprint density at radius 1 is 1.40 bits per heavy atom. The molecule has 2 N–H and O–H groups in total. The molecule has 0 saturated carbocycles. The van der Waals surface area contributed by atoms with Crippen molar-refractivity contribution in [1.29, 1.82) is 0 Å². The molecule has 1 heterocycles. The van der Waals surface area contributed by atoms with Crippen LogP contribution in [0.4, 0.5) is 5.69 Å². The van der Waals surface area contributed by atoms with E-state index < -0.39 is 0 Å². The molecule has 0 saturated heterocycles. The number of para-hydroxylation sites is 1. The number of nitrogens with one attached hydrogen (secondary N) is 1. The second kappa shape index (κ2) is 7.72. The van der Waals surface area contributed by atoms with Crippen molar-refractivity contribution < 1.29 is 5.11 Å². The first-order valence-corrected chi connectivity index (χ1v) is 7.38. The van der Waals surface area contributed by atoms with Gasteiger partial charge in [0, 0.05) is 16.3 Å². The fourth-order valence-corrected chi connectivity index (χ4v) is 2.47. The van der Waals surface area contributed by atoms with Crippen molar-refractivity contribution in [3.63, 3.8) is 0 Å². The zero-order chi connectivity index (χ0) is 14.2. The summed E-state index contributed by atoms with van der Waals surface area (Å²) in [5.74, 6) is 0.880. The van der Waals surface area contributed by atoms with E-state index in [0.717, 1.165) is 17.1 Å². The maximum atomic E-state index is 8.84. The van der Waals surface area contributed by atoms with Crippen LogP contribution in [0.5, 0.6) is 0 Å². The molecule has 0 fully saturated rings. The Morgan fingerprint density at radius 2 is 2.25 bits per heavy atom. The second-order valence-electron chi connectivity index (χ2n) is 4.15. The highest BCUT2D eigenvalue weighted by Crippen LogP contribution is 2.27. The minimum Gasteiger partial charge on any atom is -0.394 e. The molecule has 0 aliphatic rings. The van der Waals surface area contributed by atoms with Gasteiger partial charge in [0.2, 0.25) is 0 Å². The Kier molecular flexibility index (Phi) is 5.64. The third-order valence-electron chi connectivity index (χ3n) is 2.62. The van der Waals surface area contributed by atoms with E-state index in [1.54, 1.807) is 16.4 Å². The predicted octanol–water partition coefficient (Wildman–Crippen LogP) is 2.16. The number of rotatable bonds is 8. The number of thioether (sulfide) groups is 1. The summed E-state index contributed by atoms with van der Waals surface area (Å²) in [6, 6.07) is 8.15. The van der Waals surface area contributed by atoms with Gasteiger partial charge < -0.3 is 10.4 Å². The molecule has 6 heteroatoms. The summed E-state index contributed by atoms with van der Waals surface area (Å²) in [6.45, 7) is 4.88. The van der Waals surface area contributed by atoms with E-state index in [2.05, 4.69) is 28.3 Å². The van der Waals surface area contributed by atoms with Gasteiger partial charge in [-0.3, -0.25) is 0 Å². The van der Waals surface area contributed by atoms with Crippen molar-refractivity contribution in [2.75, 3.05) is 17.7 Å². The van der Waals surface area contributed by atoms with Gasteiger partial charge in [0.1, 0.15) is 5.69 Å². The zero-order valence-electron chi connectivity index (χ0n) is 11.2. The normalized spacial score (nSPS) is 10.4. The van der Waals surface area contributed by atoms with E-state index in [0.29, 0.717) is 13.1 Å². The van der Waals surface area contributed by atoms with E-state index >= 15 is 0 Å². The minimum absolute atomic E-state index is 0.0667. The Balaban J connectivity index is 1.97. The molecule has 0 aliphatic heterocycles. The number of aliphatic hydroxyl groups excluding tert-OH is 1. The quantitative estimate of drug-likeness (QED) is 0.576. The molecule has 0 radical (unpaired) electrons. The average Bonchev–Trinajstić information content (AvgIpc) is 2.92. The lowest BCUT2D eigenvalue weighted by atomic mass is 10.3. The van der Waals surface area contributed by atoms with Gasteiger partial charge in [-0.15, -0.1) is 23.4 Å². The molecule has 2 aromatic rings. The molecule has 20 heavy (non-hydrogen) atoms. The largest absolute Gasteiger partial charge is 0.394 e. The van der Waals surface area contributed by atoms with Gasteiger partial charge in [0.15, 0.2) is 0 Å². The fraction of sp³-hybridized carbons (Fsp3) is 0.286. The standard InChI is InChI=1S/C14H18N4OS/c1-2-9-20-14-6-4-3-5-13(14)15-10-12-11-18(7-8-19)17-16-12/h2-6,11,15,19H,1,7-10H2. The van der Waals surface area contributed by atoms with E-state index in [1.807, 2.05) is 30.5 Å². The summed E-state index contributed by atoms with van der Waals surface area (Å²) in [5.41, 5.74) is 1.93. The molecular formula is C14H18N4OS. The number of hydrogen-bond donors (Lipinski definition) is 2. The molecule has 0 atom stereocenters. The van der Waals surface area contributed by atoms with Crippen LogP contribution in [0.15, 0.2) is 48.0 Å². The molecule has 1 aromatic carbocycles. The van der Waals surface area contributed by atoms with Crippen LogP contribution in [0.2, 0.25) is 0 Å². The minimum atomic E-state index is 0.0667. The topological polar surface area (TPSA) is 63.0 Å². The lowest BCUT2D eigenvalue weighted by Gasteiger charge is -2.09. The maximum absolute atomic E-state index is 8.84. The molecular weight excluding hydrogens is 272 g/mol. The first-order valence-electron chi connectivity index (χ1n) is 6.40. The molecule has 0 bridgehead atoms. The lowest BCUT2D eigenvalue weighted by Crippen LogP contribution is -2.02. The summed E-state index contributed by atoms with van der Waals surface area (Å²) >= 11 is 1.74. The summed E-state index contributed by atoms with van der Waals surface area (Å²) in [5, 5.41) is 20.2. The molecule has 0 spiro atoms. The van der Waals surface area contributed by atoms with Gasteiger partial charge in [-0.25, -0.2) is 4.68 Å². The number of anilines is 1. The van der Waals surface area contributed by atoms with Crippen LogP contribution in [-0.4, -0.2) is 32.5 Å². The van der Waals surface area contributed by atoms with Crippen molar-refractivity contribution in [2.24, 2.45) is 0 Å². The van der Waals surface area contributed by atoms with Crippen molar-refractivity contribution in [3.8, 4) is 0 Å². The Bertz CT molecular complexity index is 556. The molecule has 2 rings (SSSR count). The van der Waals surface area contributed by atoms with Crippen molar-refractivity contribution in [3.05, 3.63) is 48.8 Å². The average molecular weight is 290 g/mol. The van der Waals surface area contributed by atoms with E-state index in [9.17, 15) is 0 Å². The molecule has 1 aromatic heterocycles. The monoisotopic (exact) mass is 290 g/mol. The summed E-state index contributed by atoms with van der Waals surface area (Å²) in [7, 11) is 0. The fourth-order valence-electron chi connectivity index (χ4n) is 1.70. The number of aromatic nitrogens is 3. The van der Waals surface area contributed by atoms with E-state index in [4.69, 9.17) is 5.11 Å². The van der Waals surface area contributed by atoms with Crippen molar-refractivity contribution in [2.45, 2.75) is 18.0 Å². The van der Waals surface area contributed by atoms with Crippen LogP contribution in [0.25, 0.3) is 0 Å². The zero-order valence-corrected chi connectivity index (χ0v) is 12.0. The van der Waals surface area contributed by atoms with Crippen LogP contribution in [0.1, 0.15) is 5.69 Å². The highest BCUT2D eigenvalue weighted by Gasteiger charge is 2.04. The van der Waals surface area contributed by atoms with E-state index in [1.165, 1.54) is 4.90 Å². The molecule has 0 aliphatic carbocycles. The van der Waals surface area contributed by atoms with Crippen LogP contribution in [0, 0.1) is 0 Å². The number of benzene rings is 1. The highest BCUT2D eigenvalue weighted by molar-refractivity contribution is 7.99. The predicted molar refractivity (Wildman–Crippen MR) is 81.8 cm³/mol.